The molecule has 0 aliphatic carbocycles. The lowest BCUT2D eigenvalue weighted by Gasteiger charge is -2.18. The number of hydrogen-bond acceptors (Lipinski definition) is 5. The number of hydrogen-bond donors (Lipinski definition) is 1. The standard InChI is InChI=1S/C23H22N2O4/c1-4-16-12-13-19(28-3)22(29-15-27-2)20(16)18-11-8-14-24-21(18)23(26)25-17-9-6-5-7-10-17/h4-14H,1,15H2,2-3H3,(H,25,26). The number of rotatable bonds is 8. The third-order valence-electron chi connectivity index (χ3n) is 4.24. The topological polar surface area (TPSA) is 69.7 Å². The molecule has 1 heterocycles. The van der Waals surface area contributed by atoms with Crippen molar-refractivity contribution in [2.24, 2.45) is 0 Å². The van der Waals surface area contributed by atoms with Crippen LogP contribution in [0.5, 0.6) is 11.5 Å². The van der Waals surface area contributed by atoms with E-state index in [-0.39, 0.29) is 18.4 Å². The Balaban J connectivity index is 2.13. The molecule has 0 aliphatic rings. The van der Waals surface area contributed by atoms with Crippen LogP contribution in [0.2, 0.25) is 0 Å². The van der Waals surface area contributed by atoms with Crippen molar-refractivity contribution in [2.45, 2.75) is 0 Å². The molecule has 1 N–H and O–H groups in total. The summed E-state index contributed by atoms with van der Waals surface area (Å²) in [4.78, 5) is 17.3. The van der Waals surface area contributed by atoms with Crippen LogP contribution in [-0.2, 0) is 4.74 Å². The van der Waals surface area contributed by atoms with Crippen molar-refractivity contribution in [3.8, 4) is 22.6 Å². The molecule has 6 heteroatoms. The number of benzene rings is 2. The van der Waals surface area contributed by atoms with Crippen molar-refractivity contribution in [2.75, 3.05) is 26.3 Å². The van der Waals surface area contributed by atoms with Gasteiger partial charge in [-0.25, -0.2) is 0 Å². The molecule has 0 radical (unpaired) electrons. The molecule has 29 heavy (non-hydrogen) atoms. The largest absolute Gasteiger partial charge is 0.493 e. The maximum atomic E-state index is 13.0. The second-order valence-corrected chi connectivity index (χ2v) is 6.04. The molecule has 1 aromatic heterocycles. The van der Waals surface area contributed by atoms with Crippen LogP contribution in [0.3, 0.4) is 0 Å². The molecular formula is C23H22N2O4. The lowest BCUT2D eigenvalue weighted by molar-refractivity contribution is 0.0496. The molecule has 2 aromatic carbocycles. The Morgan fingerprint density at radius 3 is 2.59 bits per heavy atom. The molecule has 0 spiro atoms. The summed E-state index contributed by atoms with van der Waals surface area (Å²) >= 11 is 0. The summed E-state index contributed by atoms with van der Waals surface area (Å²) in [6, 6.07) is 16.4. The predicted octanol–water partition coefficient (Wildman–Crippen LogP) is 4.64. The van der Waals surface area contributed by atoms with Crippen LogP contribution in [0.4, 0.5) is 5.69 Å². The van der Waals surface area contributed by atoms with Crippen molar-refractivity contribution < 1.29 is 19.0 Å². The minimum Gasteiger partial charge on any atom is -0.493 e. The summed E-state index contributed by atoms with van der Waals surface area (Å²) < 4.78 is 16.3. The number of para-hydroxylation sites is 1. The zero-order chi connectivity index (χ0) is 20.6. The third-order valence-corrected chi connectivity index (χ3v) is 4.24. The molecule has 3 aromatic rings. The van der Waals surface area contributed by atoms with Crippen LogP contribution in [-0.4, -0.2) is 31.9 Å². The molecule has 148 valence electrons. The van der Waals surface area contributed by atoms with Gasteiger partial charge < -0.3 is 19.5 Å². The highest BCUT2D eigenvalue weighted by Gasteiger charge is 2.22. The molecule has 0 unspecified atom stereocenters. The predicted molar refractivity (Wildman–Crippen MR) is 113 cm³/mol. The summed E-state index contributed by atoms with van der Waals surface area (Å²) in [5.74, 6) is 0.636. The molecule has 0 aliphatic heterocycles. The van der Waals surface area contributed by atoms with E-state index in [0.717, 1.165) is 5.56 Å². The number of methoxy groups -OCH3 is 2. The van der Waals surface area contributed by atoms with Crippen molar-refractivity contribution in [1.29, 1.82) is 0 Å². The van der Waals surface area contributed by atoms with Gasteiger partial charge in [-0.2, -0.15) is 0 Å². The number of pyridine rings is 1. The normalized spacial score (nSPS) is 10.3. The summed E-state index contributed by atoms with van der Waals surface area (Å²) in [5, 5.41) is 2.87. The van der Waals surface area contributed by atoms with Crippen LogP contribution in [0.25, 0.3) is 17.2 Å². The first-order chi connectivity index (χ1) is 14.2. The fraction of sp³-hybridized carbons (Fsp3) is 0.130. The average molecular weight is 390 g/mol. The van der Waals surface area contributed by atoms with Gasteiger partial charge in [-0.1, -0.05) is 43.0 Å². The van der Waals surface area contributed by atoms with Gasteiger partial charge in [0, 0.05) is 30.1 Å². The van der Waals surface area contributed by atoms with Gasteiger partial charge in [-0.3, -0.25) is 9.78 Å². The van der Waals surface area contributed by atoms with E-state index in [9.17, 15) is 4.79 Å². The Labute approximate surface area is 169 Å². The minimum absolute atomic E-state index is 0.0236. The van der Waals surface area contributed by atoms with Gasteiger partial charge in [-0.05, 0) is 29.8 Å². The van der Waals surface area contributed by atoms with Crippen LogP contribution >= 0.6 is 0 Å². The molecule has 3 rings (SSSR count). The summed E-state index contributed by atoms with van der Waals surface area (Å²) in [7, 11) is 3.09. The van der Waals surface area contributed by atoms with Crippen LogP contribution < -0.4 is 14.8 Å². The number of nitrogens with zero attached hydrogens (tertiary/aromatic N) is 1. The lowest BCUT2D eigenvalue weighted by atomic mass is 9.96. The van der Waals surface area contributed by atoms with Gasteiger partial charge in [0.2, 0.25) is 0 Å². The van der Waals surface area contributed by atoms with E-state index in [1.54, 1.807) is 31.5 Å². The minimum atomic E-state index is -0.331. The molecular weight excluding hydrogens is 368 g/mol. The fourth-order valence-corrected chi connectivity index (χ4v) is 2.95. The summed E-state index contributed by atoms with van der Waals surface area (Å²) in [5.41, 5.74) is 2.97. The highest BCUT2D eigenvalue weighted by molar-refractivity contribution is 6.08. The molecule has 0 atom stereocenters. The smallest absolute Gasteiger partial charge is 0.274 e. The number of anilines is 1. The molecule has 6 nitrogen and oxygen atoms in total. The second kappa shape index (κ2) is 9.52. The first-order valence-electron chi connectivity index (χ1n) is 8.96. The van der Waals surface area contributed by atoms with Gasteiger partial charge in [0.05, 0.1) is 7.11 Å². The summed E-state index contributed by atoms with van der Waals surface area (Å²) in [6.07, 6.45) is 3.27. The van der Waals surface area contributed by atoms with E-state index >= 15 is 0 Å². The van der Waals surface area contributed by atoms with Crippen molar-refractivity contribution >= 4 is 17.7 Å². The van der Waals surface area contributed by atoms with Gasteiger partial charge in [0.25, 0.3) is 5.91 Å². The molecule has 1 amide bonds. The van der Waals surface area contributed by atoms with Crippen molar-refractivity contribution in [3.05, 3.63) is 78.6 Å². The number of ether oxygens (including phenoxy) is 3. The highest BCUT2D eigenvalue weighted by Crippen LogP contribution is 2.42. The Bertz CT molecular complexity index is 1000. The first kappa shape index (κ1) is 20.1. The lowest BCUT2D eigenvalue weighted by Crippen LogP contribution is -2.15. The van der Waals surface area contributed by atoms with Gasteiger partial charge in [-0.15, -0.1) is 0 Å². The zero-order valence-electron chi connectivity index (χ0n) is 16.3. The molecule has 0 fully saturated rings. The second-order valence-electron chi connectivity index (χ2n) is 6.04. The Morgan fingerprint density at radius 2 is 1.90 bits per heavy atom. The van der Waals surface area contributed by atoms with E-state index < -0.39 is 0 Å². The fourth-order valence-electron chi connectivity index (χ4n) is 2.95. The number of aromatic nitrogens is 1. The molecule has 0 saturated heterocycles. The molecule has 0 saturated carbocycles. The average Bonchev–Trinajstić information content (AvgIpc) is 2.77. The van der Waals surface area contributed by atoms with Crippen molar-refractivity contribution in [1.82, 2.24) is 4.98 Å². The Hall–Kier alpha value is -3.64. The Kier molecular flexibility index (Phi) is 6.60. The first-order valence-corrected chi connectivity index (χ1v) is 8.96. The number of carbonyl (C=O) groups is 1. The van der Waals surface area contributed by atoms with Gasteiger partial charge >= 0.3 is 0 Å². The van der Waals surface area contributed by atoms with Gasteiger partial charge in [0.15, 0.2) is 18.3 Å². The number of amides is 1. The van der Waals surface area contributed by atoms with Gasteiger partial charge in [0.1, 0.15) is 5.69 Å². The number of carbonyl (C=O) groups excluding carboxylic acids is 1. The Morgan fingerprint density at radius 1 is 1.10 bits per heavy atom. The monoisotopic (exact) mass is 390 g/mol. The van der Waals surface area contributed by atoms with E-state index in [1.807, 2.05) is 42.5 Å². The van der Waals surface area contributed by atoms with E-state index in [1.165, 1.54) is 7.11 Å². The van der Waals surface area contributed by atoms with Crippen LogP contribution in [0.15, 0.2) is 67.4 Å². The van der Waals surface area contributed by atoms with Crippen molar-refractivity contribution in [3.63, 3.8) is 0 Å². The third kappa shape index (κ3) is 4.44. The maximum absolute atomic E-state index is 13.0. The van der Waals surface area contributed by atoms with E-state index in [4.69, 9.17) is 14.2 Å². The zero-order valence-corrected chi connectivity index (χ0v) is 16.3. The quantitative estimate of drug-likeness (QED) is 0.568. The summed E-state index contributed by atoms with van der Waals surface area (Å²) in [6.45, 7) is 3.91. The number of nitrogens with one attached hydrogen (secondary N) is 1. The highest BCUT2D eigenvalue weighted by atomic mass is 16.7. The van der Waals surface area contributed by atoms with E-state index in [0.29, 0.717) is 28.3 Å². The maximum Gasteiger partial charge on any atom is 0.274 e. The van der Waals surface area contributed by atoms with Crippen LogP contribution in [0.1, 0.15) is 16.1 Å². The molecule has 0 bridgehead atoms. The van der Waals surface area contributed by atoms with E-state index in [2.05, 4.69) is 16.9 Å². The van der Waals surface area contributed by atoms with Crippen LogP contribution in [0, 0.1) is 0 Å². The SMILES string of the molecule is C=Cc1ccc(OC)c(OCOC)c1-c1cccnc1C(=O)Nc1ccccc1.